The summed E-state index contributed by atoms with van der Waals surface area (Å²) in [4.78, 5) is 31.0. The molecule has 47 heavy (non-hydrogen) atoms. The largest absolute Gasteiger partial charge is 0.377 e. The monoisotopic (exact) mass is 779 g/mol. The Hall–Kier alpha value is -3.01. The van der Waals surface area contributed by atoms with Gasteiger partial charge in [-0.1, -0.05) is 91.7 Å². The molecule has 0 saturated heterocycles. The molecule has 0 saturated carbocycles. The van der Waals surface area contributed by atoms with Crippen LogP contribution in [-0.4, -0.2) is 31.4 Å². The van der Waals surface area contributed by atoms with E-state index in [0.717, 1.165) is 23.4 Å². The van der Waals surface area contributed by atoms with Crippen LogP contribution in [0.4, 0.5) is 0 Å². The number of carbonyl (C=O) groups is 2. The zero-order valence-electron chi connectivity index (χ0n) is 27.3. The minimum absolute atomic E-state index is 0.0189. The van der Waals surface area contributed by atoms with E-state index in [0.29, 0.717) is 57.9 Å². The summed E-state index contributed by atoms with van der Waals surface area (Å²) in [5.74, 6) is -0.764. The molecular weight excluding hydrogens is 742 g/mol. The molecule has 9 heteroatoms. The molecule has 3 aromatic rings. The lowest BCUT2D eigenvalue weighted by atomic mass is 9.63. The molecule has 2 aliphatic carbocycles. The van der Waals surface area contributed by atoms with Gasteiger partial charge in [0, 0.05) is 57.9 Å². The standard InChI is InChI=1S/C38H39Br2NO5S/c1-23-11-13-26(14-12-23)47(44,45)46-36-27(17-25(39)18-28(36)40)33-34-29(19-37(2,3)21-31(34)42)41(16-15-24-9-7-6-8-10-24)30-20-38(4,5)22-32(43)35(30)33/h6-14,17-18,33H,15-16,19-22H2,1-5H3. The molecule has 6 rings (SSSR count). The fourth-order valence-corrected chi connectivity index (χ4v) is 9.68. The zero-order valence-corrected chi connectivity index (χ0v) is 31.3. The van der Waals surface area contributed by atoms with E-state index >= 15 is 0 Å². The van der Waals surface area contributed by atoms with Gasteiger partial charge in [0.15, 0.2) is 17.3 Å². The van der Waals surface area contributed by atoms with Crippen LogP contribution in [0.25, 0.3) is 0 Å². The van der Waals surface area contributed by atoms with Gasteiger partial charge in [-0.25, -0.2) is 0 Å². The second-order valence-electron chi connectivity index (χ2n) is 14.6. The molecule has 3 aromatic carbocycles. The van der Waals surface area contributed by atoms with Crippen LogP contribution < -0.4 is 4.18 Å². The third-order valence-electron chi connectivity index (χ3n) is 9.34. The number of ketones is 2. The van der Waals surface area contributed by atoms with Crippen molar-refractivity contribution in [3.8, 4) is 5.75 Å². The second-order valence-corrected chi connectivity index (χ2v) is 17.9. The average Bonchev–Trinajstić information content (AvgIpc) is 2.96. The van der Waals surface area contributed by atoms with E-state index in [-0.39, 0.29) is 33.0 Å². The maximum absolute atomic E-state index is 14.4. The van der Waals surface area contributed by atoms with Gasteiger partial charge in [0.05, 0.1) is 4.47 Å². The van der Waals surface area contributed by atoms with E-state index in [4.69, 9.17) is 4.18 Å². The van der Waals surface area contributed by atoms with Crippen molar-refractivity contribution < 1.29 is 22.2 Å². The highest BCUT2D eigenvalue weighted by atomic mass is 79.9. The third-order valence-corrected chi connectivity index (χ3v) is 11.6. The highest BCUT2D eigenvalue weighted by Crippen LogP contribution is 2.56. The first-order chi connectivity index (χ1) is 22.1. The van der Waals surface area contributed by atoms with E-state index < -0.39 is 16.0 Å². The van der Waals surface area contributed by atoms with Crippen LogP contribution in [0.1, 0.15) is 76.0 Å². The van der Waals surface area contributed by atoms with Gasteiger partial charge >= 0.3 is 10.1 Å². The summed E-state index contributed by atoms with van der Waals surface area (Å²) < 4.78 is 34.4. The van der Waals surface area contributed by atoms with Crippen LogP contribution in [0.2, 0.25) is 0 Å². The van der Waals surface area contributed by atoms with Crippen LogP contribution >= 0.6 is 31.9 Å². The molecule has 1 aliphatic heterocycles. The summed E-state index contributed by atoms with van der Waals surface area (Å²) in [5, 5.41) is 0. The fourth-order valence-electron chi connectivity index (χ4n) is 7.26. The molecule has 246 valence electrons. The highest BCUT2D eigenvalue weighted by molar-refractivity contribution is 9.11. The van der Waals surface area contributed by atoms with Crippen molar-refractivity contribution >= 4 is 53.5 Å². The molecule has 0 atom stereocenters. The first-order valence-electron chi connectivity index (χ1n) is 15.9. The van der Waals surface area contributed by atoms with Crippen LogP contribution in [0, 0.1) is 17.8 Å². The third kappa shape index (κ3) is 6.81. The summed E-state index contributed by atoms with van der Waals surface area (Å²) in [6, 6.07) is 20.2. The van der Waals surface area contributed by atoms with Gasteiger partial charge in [-0.2, -0.15) is 8.42 Å². The number of benzene rings is 3. The Labute approximate surface area is 294 Å². The van der Waals surface area contributed by atoms with Crippen molar-refractivity contribution in [1.82, 2.24) is 4.90 Å². The highest BCUT2D eigenvalue weighted by Gasteiger charge is 2.50. The molecule has 0 N–H and O–H groups in total. The number of aryl methyl sites for hydroxylation is 1. The molecular formula is C38H39Br2NO5S. The number of Topliss-reactive ketones (excluding diaryl/α,β-unsaturated/α-hetero) is 2. The zero-order chi connectivity index (χ0) is 33.9. The Morgan fingerprint density at radius 1 is 0.809 bits per heavy atom. The Morgan fingerprint density at radius 2 is 1.36 bits per heavy atom. The fraction of sp³-hybridized carbons (Fsp3) is 0.368. The Bertz CT molecular complexity index is 1890. The average molecular weight is 782 g/mol. The lowest BCUT2D eigenvalue weighted by Gasteiger charge is -2.49. The molecule has 3 aliphatic rings. The summed E-state index contributed by atoms with van der Waals surface area (Å²) in [7, 11) is -4.26. The molecule has 6 nitrogen and oxygen atoms in total. The van der Waals surface area contributed by atoms with E-state index in [1.165, 1.54) is 17.7 Å². The van der Waals surface area contributed by atoms with Crippen LogP contribution in [-0.2, 0) is 26.1 Å². The maximum atomic E-state index is 14.4. The summed E-state index contributed by atoms with van der Waals surface area (Å²) in [6.07, 6.45) is 2.69. The maximum Gasteiger partial charge on any atom is 0.339 e. The minimum Gasteiger partial charge on any atom is -0.377 e. The summed E-state index contributed by atoms with van der Waals surface area (Å²) in [6.45, 7) is 10.9. The van der Waals surface area contributed by atoms with Crippen LogP contribution in [0.15, 0.2) is 103 Å². The number of carbonyl (C=O) groups excluding carboxylic acids is 2. The first-order valence-corrected chi connectivity index (χ1v) is 18.9. The van der Waals surface area contributed by atoms with Crippen molar-refractivity contribution in [2.24, 2.45) is 10.8 Å². The smallest absolute Gasteiger partial charge is 0.339 e. The Morgan fingerprint density at radius 3 is 1.91 bits per heavy atom. The van der Waals surface area contributed by atoms with Crippen molar-refractivity contribution in [1.29, 1.82) is 0 Å². The van der Waals surface area contributed by atoms with E-state index in [9.17, 15) is 18.0 Å². The number of halogens is 2. The van der Waals surface area contributed by atoms with Crippen LogP contribution in [0.5, 0.6) is 5.75 Å². The number of nitrogens with zero attached hydrogens (tertiary/aromatic N) is 1. The number of hydrogen-bond acceptors (Lipinski definition) is 6. The molecule has 1 heterocycles. The Kier molecular flexibility index (Phi) is 8.98. The van der Waals surface area contributed by atoms with Gasteiger partial charge < -0.3 is 9.08 Å². The van der Waals surface area contributed by atoms with Gasteiger partial charge in [0.1, 0.15) is 4.90 Å². The molecule has 0 spiro atoms. The molecule has 0 fully saturated rings. The SMILES string of the molecule is Cc1ccc(S(=O)(=O)Oc2c(Br)cc(Br)cc2C2C3=C(CC(C)(C)CC3=O)N(CCc3ccccc3)C3=C2C(=O)CC(C)(C)C3)cc1. The lowest BCUT2D eigenvalue weighted by molar-refractivity contribution is -0.119. The quantitative estimate of drug-likeness (QED) is 0.223. The predicted octanol–water partition coefficient (Wildman–Crippen LogP) is 9.22. The van der Waals surface area contributed by atoms with Gasteiger partial charge in [-0.05, 0) is 82.8 Å². The first kappa shape index (κ1) is 33.9. The van der Waals surface area contributed by atoms with Gasteiger partial charge in [0.2, 0.25) is 0 Å². The van der Waals surface area contributed by atoms with Crippen LogP contribution in [0.3, 0.4) is 0 Å². The summed E-state index contributed by atoms with van der Waals surface area (Å²) >= 11 is 7.18. The topological polar surface area (TPSA) is 80.8 Å². The van der Waals surface area contributed by atoms with Gasteiger partial charge in [-0.15, -0.1) is 0 Å². The van der Waals surface area contributed by atoms with Crippen molar-refractivity contribution in [2.75, 3.05) is 6.54 Å². The molecule has 0 radical (unpaired) electrons. The van der Waals surface area contributed by atoms with Crippen molar-refractivity contribution in [3.63, 3.8) is 0 Å². The minimum atomic E-state index is -4.26. The molecule has 0 amide bonds. The normalized spacial score (nSPS) is 19.5. The number of allylic oxidation sites excluding steroid dienone is 4. The van der Waals surface area contributed by atoms with Gasteiger partial charge in [-0.3, -0.25) is 9.59 Å². The molecule has 0 bridgehead atoms. The van der Waals surface area contributed by atoms with Crippen molar-refractivity contribution in [3.05, 3.63) is 115 Å². The molecule has 0 unspecified atom stereocenters. The van der Waals surface area contributed by atoms with E-state index in [1.54, 1.807) is 24.3 Å². The van der Waals surface area contributed by atoms with Gasteiger partial charge in [0.25, 0.3) is 0 Å². The second kappa shape index (κ2) is 12.5. The predicted molar refractivity (Wildman–Crippen MR) is 191 cm³/mol. The summed E-state index contributed by atoms with van der Waals surface area (Å²) in [5.41, 5.74) is 4.94. The van der Waals surface area contributed by atoms with Crippen molar-refractivity contribution in [2.45, 2.75) is 77.5 Å². The van der Waals surface area contributed by atoms with E-state index in [2.05, 4.69) is 76.6 Å². The lowest BCUT2D eigenvalue weighted by Crippen LogP contribution is -2.45. The number of rotatable bonds is 7. The molecule has 0 aromatic heterocycles. The number of hydrogen-bond donors (Lipinski definition) is 0. The Balaban J connectivity index is 1.58. The van der Waals surface area contributed by atoms with E-state index in [1.807, 2.05) is 25.1 Å².